The van der Waals surface area contributed by atoms with E-state index >= 15 is 0 Å². The van der Waals surface area contributed by atoms with Gasteiger partial charge in [0.25, 0.3) is 0 Å². The van der Waals surface area contributed by atoms with Crippen LogP contribution in [0, 0.1) is 5.92 Å². The fourth-order valence-corrected chi connectivity index (χ4v) is 4.54. The van der Waals surface area contributed by atoms with E-state index in [1.165, 1.54) is 96.9 Å². The number of piperidine rings is 1. The van der Waals surface area contributed by atoms with Gasteiger partial charge in [0.2, 0.25) is 0 Å². The molecule has 2 heterocycles. The van der Waals surface area contributed by atoms with Gasteiger partial charge in [-0.2, -0.15) is 0 Å². The second kappa shape index (κ2) is 7.08. The minimum atomic E-state index is 0.891. The van der Waals surface area contributed by atoms with E-state index in [0.29, 0.717) is 0 Å². The van der Waals surface area contributed by atoms with Crippen LogP contribution in [0.4, 0.5) is 0 Å². The molecule has 0 unspecified atom stereocenters. The summed E-state index contributed by atoms with van der Waals surface area (Å²) in [6, 6.07) is 0.891. The monoisotopic (exact) mass is 264 g/mol. The van der Waals surface area contributed by atoms with E-state index in [4.69, 9.17) is 0 Å². The molecule has 2 saturated heterocycles. The summed E-state index contributed by atoms with van der Waals surface area (Å²) < 4.78 is 0. The summed E-state index contributed by atoms with van der Waals surface area (Å²) in [5, 5.41) is 0. The van der Waals surface area contributed by atoms with Crippen LogP contribution >= 0.6 is 0 Å². The van der Waals surface area contributed by atoms with Crippen LogP contribution < -0.4 is 0 Å². The minimum absolute atomic E-state index is 0.891. The fourth-order valence-electron chi connectivity index (χ4n) is 4.54. The first-order valence-electron chi connectivity index (χ1n) is 8.88. The highest BCUT2D eigenvalue weighted by atomic mass is 15.2. The van der Waals surface area contributed by atoms with Crippen molar-refractivity contribution in [2.24, 2.45) is 5.92 Å². The zero-order valence-corrected chi connectivity index (χ0v) is 12.7. The van der Waals surface area contributed by atoms with Gasteiger partial charge in [-0.15, -0.1) is 0 Å². The third kappa shape index (κ3) is 3.95. The smallest absolute Gasteiger partial charge is 0.0223 e. The summed E-state index contributed by atoms with van der Waals surface area (Å²) >= 11 is 0. The lowest BCUT2D eigenvalue weighted by Gasteiger charge is -2.37. The lowest BCUT2D eigenvalue weighted by molar-refractivity contribution is 0.113. The van der Waals surface area contributed by atoms with Gasteiger partial charge in [0.05, 0.1) is 0 Å². The average Bonchev–Trinajstić information content (AvgIpc) is 3.12. The topological polar surface area (TPSA) is 6.48 Å². The van der Waals surface area contributed by atoms with Crippen molar-refractivity contribution in [2.75, 3.05) is 32.7 Å². The van der Waals surface area contributed by atoms with E-state index < -0.39 is 0 Å². The molecule has 0 bridgehead atoms. The number of rotatable bonds is 5. The first-order chi connectivity index (χ1) is 9.42. The van der Waals surface area contributed by atoms with Gasteiger partial charge in [-0.05, 0) is 70.6 Å². The molecule has 0 aromatic carbocycles. The highest BCUT2D eigenvalue weighted by Crippen LogP contribution is 2.29. The van der Waals surface area contributed by atoms with Crippen LogP contribution in [0.15, 0.2) is 0 Å². The van der Waals surface area contributed by atoms with Gasteiger partial charge >= 0.3 is 0 Å². The Bertz CT molecular complexity index is 254. The molecule has 3 fully saturated rings. The van der Waals surface area contributed by atoms with Crippen LogP contribution in [-0.2, 0) is 0 Å². The predicted octanol–water partition coefficient (Wildman–Crippen LogP) is 3.52. The molecule has 0 radical (unpaired) electrons. The van der Waals surface area contributed by atoms with E-state index in [2.05, 4.69) is 9.80 Å². The summed E-state index contributed by atoms with van der Waals surface area (Å²) in [4.78, 5) is 5.53. The Balaban J connectivity index is 1.35. The van der Waals surface area contributed by atoms with Crippen LogP contribution in [0.2, 0.25) is 0 Å². The molecule has 0 aromatic rings. The van der Waals surface area contributed by atoms with Crippen LogP contribution in [0.5, 0.6) is 0 Å². The standard InChI is InChI=1S/C17H32N2/c1-2-8-16(7-1)9-5-11-18-12-6-10-17(15-18)19-13-3-4-14-19/h16-17H,1-15H2/t17-/m0/s1. The molecule has 110 valence electrons. The third-order valence-electron chi connectivity index (χ3n) is 5.70. The van der Waals surface area contributed by atoms with E-state index in [9.17, 15) is 0 Å². The Hall–Kier alpha value is -0.0800. The Morgan fingerprint density at radius 1 is 0.789 bits per heavy atom. The lowest BCUT2D eigenvalue weighted by atomic mass is 10.0. The second-order valence-corrected chi connectivity index (χ2v) is 7.13. The Labute approximate surface area is 119 Å². The maximum absolute atomic E-state index is 2.77. The molecule has 1 saturated carbocycles. The largest absolute Gasteiger partial charge is 0.302 e. The third-order valence-corrected chi connectivity index (χ3v) is 5.70. The van der Waals surface area contributed by atoms with E-state index in [0.717, 1.165) is 12.0 Å². The van der Waals surface area contributed by atoms with Gasteiger partial charge < -0.3 is 4.90 Å². The highest BCUT2D eigenvalue weighted by Gasteiger charge is 2.26. The van der Waals surface area contributed by atoms with Crippen molar-refractivity contribution in [3.63, 3.8) is 0 Å². The quantitative estimate of drug-likeness (QED) is 0.749. The molecular formula is C17H32N2. The van der Waals surface area contributed by atoms with Gasteiger partial charge in [-0.1, -0.05) is 25.7 Å². The van der Waals surface area contributed by atoms with Crippen LogP contribution in [0.25, 0.3) is 0 Å². The van der Waals surface area contributed by atoms with Gasteiger partial charge in [0.1, 0.15) is 0 Å². The van der Waals surface area contributed by atoms with Crippen LogP contribution in [0.1, 0.15) is 64.2 Å². The summed E-state index contributed by atoms with van der Waals surface area (Å²) in [7, 11) is 0. The van der Waals surface area contributed by atoms with Crippen molar-refractivity contribution >= 4 is 0 Å². The predicted molar refractivity (Wildman–Crippen MR) is 81.5 cm³/mol. The lowest BCUT2D eigenvalue weighted by Crippen LogP contribution is -2.47. The van der Waals surface area contributed by atoms with Crippen LogP contribution in [-0.4, -0.2) is 48.6 Å². The van der Waals surface area contributed by atoms with E-state index in [-0.39, 0.29) is 0 Å². The SMILES string of the molecule is C1CCC(CCCN2CCC[C@H](N3CCCC3)C2)C1. The van der Waals surface area contributed by atoms with Crippen molar-refractivity contribution in [1.29, 1.82) is 0 Å². The molecule has 0 spiro atoms. The first-order valence-corrected chi connectivity index (χ1v) is 8.88. The number of hydrogen-bond donors (Lipinski definition) is 0. The highest BCUT2D eigenvalue weighted by molar-refractivity contribution is 4.83. The summed E-state index contributed by atoms with van der Waals surface area (Å²) in [5.41, 5.74) is 0. The molecule has 3 rings (SSSR count). The normalized spacial score (nSPS) is 31.3. The average molecular weight is 264 g/mol. The van der Waals surface area contributed by atoms with E-state index in [1.807, 2.05) is 0 Å². The molecule has 0 N–H and O–H groups in total. The van der Waals surface area contributed by atoms with Crippen molar-refractivity contribution in [1.82, 2.24) is 9.80 Å². The molecule has 0 amide bonds. The maximum atomic E-state index is 2.77. The van der Waals surface area contributed by atoms with Gasteiger partial charge in [0, 0.05) is 12.6 Å². The van der Waals surface area contributed by atoms with E-state index in [1.54, 1.807) is 0 Å². The molecule has 0 aromatic heterocycles. The maximum Gasteiger partial charge on any atom is 0.0223 e. The van der Waals surface area contributed by atoms with Gasteiger partial charge in [-0.25, -0.2) is 0 Å². The summed E-state index contributed by atoms with van der Waals surface area (Å²) in [6.45, 7) is 6.86. The molecule has 2 heteroatoms. The fraction of sp³-hybridized carbons (Fsp3) is 1.00. The zero-order chi connectivity index (χ0) is 12.9. The summed E-state index contributed by atoms with van der Waals surface area (Å²) in [6.07, 6.45) is 14.8. The molecule has 2 nitrogen and oxygen atoms in total. The summed E-state index contributed by atoms with van der Waals surface area (Å²) in [5.74, 6) is 1.08. The van der Waals surface area contributed by atoms with Crippen molar-refractivity contribution < 1.29 is 0 Å². The minimum Gasteiger partial charge on any atom is -0.302 e. The number of hydrogen-bond acceptors (Lipinski definition) is 2. The Morgan fingerprint density at radius 2 is 1.58 bits per heavy atom. The molecule has 3 aliphatic rings. The molecule has 1 aliphatic carbocycles. The number of nitrogens with zero attached hydrogens (tertiary/aromatic N) is 2. The molecule has 1 atom stereocenters. The molecular weight excluding hydrogens is 232 g/mol. The van der Waals surface area contributed by atoms with Crippen molar-refractivity contribution in [2.45, 2.75) is 70.3 Å². The van der Waals surface area contributed by atoms with Crippen molar-refractivity contribution in [3.05, 3.63) is 0 Å². The molecule has 19 heavy (non-hydrogen) atoms. The second-order valence-electron chi connectivity index (χ2n) is 7.13. The first kappa shape index (κ1) is 13.9. The van der Waals surface area contributed by atoms with Gasteiger partial charge in [0.15, 0.2) is 0 Å². The van der Waals surface area contributed by atoms with Crippen LogP contribution in [0.3, 0.4) is 0 Å². The number of likely N-dealkylation sites (tertiary alicyclic amines) is 2. The Kier molecular flexibility index (Phi) is 5.17. The molecule has 2 aliphatic heterocycles. The Morgan fingerprint density at radius 3 is 2.37 bits per heavy atom. The van der Waals surface area contributed by atoms with Gasteiger partial charge in [-0.3, -0.25) is 4.90 Å². The van der Waals surface area contributed by atoms with Crippen molar-refractivity contribution in [3.8, 4) is 0 Å². The zero-order valence-electron chi connectivity index (χ0n) is 12.7.